The molecule has 0 radical (unpaired) electrons. The molecule has 1 aliphatic rings. The van der Waals surface area contributed by atoms with Crippen LogP contribution in [0.4, 0.5) is 13.2 Å². The minimum atomic E-state index is -4.36. The first-order valence-electron chi connectivity index (χ1n) is 8.02. The number of rotatable bonds is 3. The fraction of sp³-hybridized carbons (Fsp3) is 0.333. The maximum atomic E-state index is 13.6. The van der Waals surface area contributed by atoms with E-state index in [-0.39, 0.29) is 37.6 Å². The Kier molecular flexibility index (Phi) is 5.03. The Bertz CT molecular complexity index is 699. The van der Waals surface area contributed by atoms with Crippen molar-refractivity contribution in [2.24, 2.45) is 0 Å². The van der Waals surface area contributed by atoms with Crippen molar-refractivity contribution >= 4 is 5.91 Å². The fourth-order valence-electron chi connectivity index (χ4n) is 3.10. The van der Waals surface area contributed by atoms with E-state index >= 15 is 0 Å². The predicted molar refractivity (Wildman–Crippen MR) is 87.0 cm³/mol. The molecule has 25 heavy (non-hydrogen) atoms. The van der Waals surface area contributed by atoms with Crippen molar-refractivity contribution in [1.29, 1.82) is 0 Å². The van der Waals surface area contributed by atoms with Crippen molar-refractivity contribution in [3.63, 3.8) is 0 Å². The molecule has 0 spiro atoms. The number of nitrogens with zero attached hydrogens (tertiary/aromatic N) is 3. The van der Waals surface area contributed by atoms with Gasteiger partial charge in [0.05, 0.1) is 5.56 Å². The minimum Gasteiger partial charge on any atom is -0.336 e. The zero-order valence-electron chi connectivity index (χ0n) is 13.5. The first-order valence-corrected chi connectivity index (χ1v) is 8.02. The molecule has 0 saturated carbocycles. The number of amides is 1. The third-order valence-corrected chi connectivity index (χ3v) is 4.30. The lowest BCUT2D eigenvalue weighted by atomic mass is 10.0. The van der Waals surface area contributed by atoms with Gasteiger partial charge in [0, 0.05) is 38.6 Å². The average Bonchev–Trinajstić information content (AvgIpc) is 2.62. The molecule has 0 bridgehead atoms. The second-order valence-electron chi connectivity index (χ2n) is 5.92. The Morgan fingerprint density at radius 3 is 2.24 bits per heavy atom. The fourth-order valence-corrected chi connectivity index (χ4v) is 3.10. The van der Waals surface area contributed by atoms with Crippen LogP contribution in [0.2, 0.25) is 0 Å². The second-order valence-corrected chi connectivity index (χ2v) is 5.92. The molecular formula is C18H18F3N3O. The molecule has 2 heterocycles. The summed E-state index contributed by atoms with van der Waals surface area (Å²) in [5.74, 6) is -0.198. The molecule has 3 rings (SSSR count). The number of benzene rings is 1. The quantitative estimate of drug-likeness (QED) is 0.854. The SMILES string of the molecule is O=C(c1cccnc1)N1CCN([C@H](c2ccccc2)C(F)(F)F)CC1. The molecule has 4 nitrogen and oxygen atoms in total. The summed E-state index contributed by atoms with van der Waals surface area (Å²) in [6, 6.07) is 9.57. The van der Waals surface area contributed by atoms with Crippen molar-refractivity contribution in [1.82, 2.24) is 14.8 Å². The lowest BCUT2D eigenvalue weighted by molar-refractivity contribution is -0.189. The van der Waals surface area contributed by atoms with Crippen LogP contribution in [-0.2, 0) is 0 Å². The Hall–Kier alpha value is -2.41. The number of carbonyl (C=O) groups is 1. The lowest BCUT2D eigenvalue weighted by Gasteiger charge is -2.40. The van der Waals surface area contributed by atoms with Crippen LogP contribution in [0.3, 0.4) is 0 Å². The van der Waals surface area contributed by atoms with Gasteiger partial charge in [0.1, 0.15) is 6.04 Å². The number of aromatic nitrogens is 1. The molecule has 1 saturated heterocycles. The Morgan fingerprint density at radius 2 is 1.68 bits per heavy atom. The maximum Gasteiger partial charge on any atom is 0.408 e. The third kappa shape index (κ3) is 3.99. The van der Waals surface area contributed by atoms with Crippen LogP contribution in [0.5, 0.6) is 0 Å². The Labute approximate surface area is 143 Å². The molecule has 1 amide bonds. The second kappa shape index (κ2) is 7.23. The van der Waals surface area contributed by atoms with E-state index < -0.39 is 12.2 Å². The Balaban J connectivity index is 1.71. The van der Waals surface area contributed by atoms with Crippen LogP contribution in [0, 0.1) is 0 Å². The van der Waals surface area contributed by atoms with Crippen LogP contribution < -0.4 is 0 Å². The number of hydrogen-bond acceptors (Lipinski definition) is 3. The van der Waals surface area contributed by atoms with E-state index in [1.807, 2.05) is 0 Å². The van der Waals surface area contributed by atoms with E-state index in [9.17, 15) is 18.0 Å². The molecule has 132 valence electrons. The molecule has 0 N–H and O–H groups in total. The van der Waals surface area contributed by atoms with Gasteiger partial charge in [-0.3, -0.25) is 14.7 Å². The van der Waals surface area contributed by atoms with Crippen molar-refractivity contribution in [3.8, 4) is 0 Å². The number of carbonyl (C=O) groups excluding carboxylic acids is 1. The number of halogens is 3. The summed E-state index contributed by atoms with van der Waals surface area (Å²) < 4.78 is 40.7. The van der Waals surface area contributed by atoms with Crippen molar-refractivity contribution in [3.05, 3.63) is 66.0 Å². The van der Waals surface area contributed by atoms with Gasteiger partial charge < -0.3 is 4.90 Å². The van der Waals surface area contributed by atoms with E-state index in [0.717, 1.165) is 0 Å². The van der Waals surface area contributed by atoms with E-state index in [2.05, 4.69) is 4.98 Å². The molecule has 1 aromatic heterocycles. The molecule has 1 atom stereocenters. The van der Waals surface area contributed by atoms with E-state index in [4.69, 9.17) is 0 Å². The maximum absolute atomic E-state index is 13.6. The summed E-state index contributed by atoms with van der Waals surface area (Å²) in [5, 5.41) is 0. The van der Waals surface area contributed by atoms with Crippen LogP contribution in [-0.4, -0.2) is 53.0 Å². The molecular weight excluding hydrogens is 331 g/mol. The van der Waals surface area contributed by atoms with Gasteiger partial charge in [-0.15, -0.1) is 0 Å². The summed E-state index contributed by atoms with van der Waals surface area (Å²) in [7, 11) is 0. The summed E-state index contributed by atoms with van der Waals surface area (Å²) in [4.78, 5) is 19.3. The van der Waals surface area contributed by atoms with E-state index in [1.165, 1.54) is 23.2 Å². The summed E-state index contributed by atoms with van der Waals surface area (Å²) in [6.45, 7) is 0.858. The molecule has 1 fully saturated rings. The first-order chi connectivity index (χ1) is 12.0. The largest absolute Gasteiger partial charge is 0.408 e. The van der Waals surface area contributed by atoms with Crippen molar-refractivity contribution in [2.75, 3.05) is 26.2 Å². The minimum absolute atomic E-state index is 0.172. The average molecular weight is 349 g/mol. The first kappa shape index (κ1) is 17.4. The lowest BCUT2D eigenvalue weighted by Crippen LogP contribution is -2.52. The predicted octanol–water partition coefficient (Wildman–Crippen LogP) is 3.14. The molecule has 7 heteroatoms. The van der Waals surface area contributed by atoms with Gasteiger partial charge in [-0.2, -0.15) is 13.2 Å². The van der Waals surface area contributed by atoms with Gasteiger partial charge in [0.25, 0.3) is 5.91 Å². The molecule has 1 aliphatic heterocycles. The van der Waals surface area contributed by atoms with E-state index in [0.29, 0.717) is 5.56 Å². The number of pyridine rings is 1. The highest BCUT2D eigenvalue weighted by Gasteiger charge is 2.45. The normalized spacial score (nSPS) is 17.3. The van der Waals surface area contributed by atoms with Gasteiger partial charge in [0.15, 0.2) is 0 Å². The van der Waals surface area contributed by atoms with Crippen molar-refractivity contribution in [2.45, 2.75) is 12.2 Å². The van der Waals surface area contributed by atoms with Gasteiger partial charge in [-0.05, 0) is 17.7 Å². The highest BCUT2D eigenvalue weighted by atomic mass is 19.4. The van der Waals surface area contributed by atoms with E-state index in [1.54, 1.807) is 41.4 Å². The topological polar surface area (TPSA) is 36.4 Å². The van der Waals surface area contributed by atoms with Crippen LogP contribution in [0.1, 0.15) is 22.0 Å². The van der Waals surface area contributed by atoms with Crippen LogP contribution >= 0.6 is 0 Å². The summed E-state index contributed by atoms with van der Waals surface area (Å²) in [5.41, 5.74) is 0.674. The molecule has 0 aliphatic carbocycles. The van der Waals surface area contributed by atoms with Gasteiger partial charge >= 0.3 is 6.18 Å². The van der Waals surface area contributed by atoms with Gasteiger partial charge in [-0.1, -0.05) is 30.3 Å². The van der Waals surface area contributed by atoms with Crippen molar-refractivity contribution < 1.29 is 18.0 Å². The highest BCUT2D eigenvalue weighted by Crippen LogP contribution is 2.38. The number of piperazine rings is 1. The zero-order valence-corrected chi connectivity index (χ0v) is 13.5. The number of hydrogen-bond donors (Lipinski definition) is 0. The van der Waals surface area contributed by atoms with Gasteiger partial charge in [-0.25, -0.2) is 0 Å². The third-order valence-electron chi connectivity index (χ3n) is 4.30. The monoisotopic (exact) mass is 349 g/mol. The van der Waals surface area contributed by atoms with Crippen LogP contribution in [0.25, 0.3) is 0 Å². The van der Waals surface area contributed by atoms with Crippen LogP contribution in [0.15, 0.2) is 54.9 Å². The molecule has 0 unspecified atom stereocenters. The number of alkyl halides is 3. The standard InChI is InChI=1S/C18H18F3N3O/c19-18(20,21)16(14-5-2-1-3-6-14)23-9-11-24(12-10-23)17(25)15-7-4-8-22-13-15/h1-8,13,16H,9-12H2/t16-/m1/s1. The highest BCUT2D eigenvalue weighted by molar-refractivity contribution is 5.93. The smallest absolute Gasteiger partial charge is 0.336 e. The molecule has 2 aromatic rings. The summed E-state index contributed by atoms with van der Waals surface area (Å²) in [6.07, 6.45) is -1.32. The van der Waals surface area contributed by atoms with Gasteiger partial charge in [0.2, 0.25) is 0 Å². The summed E-state index contributed by atoms with van der Waals surface area (Å²) >= 11 is 0. The zero-order chi connectivity index (χ0) is 17.9. The Morgan fingerprint density at radius 1 is 1.00 bits per heavy atom. The molecule has 1 aromatic carbocycles.